The van der Waals surface area contributed by atoms with E-state index in [0.29, 0.717) is 18.9 Å². The van der Waals surface area contributed by atoms with E-state index < -0.39 is 6.04 Å². The van der Waals surface area contributed by atoms with Crippen molar-refractivity contribution in [3.8, 4) is 5.75 Å². The molecular formula is C16H27ClN2O2. The summed E-state index contributed by atoms with van der Waals surface area (Å²) in [7, 11) is 0. The van der Waals surface area contributed by atoms with Crippen molar-refractivity contribution in [1.29, 1.82) is 0 Å². The lowest BCUT2D eigenvalue weighted by Gasteiger charge is -2.13. The summed E-state index contributed by atoms with van der Waals surface area (Å²) in [5.74, 6) is 1.24. The Morgan fingerprint density at radius 3 is 2.67 bits per heavy atom. The Morgan fingerprint density at radius 1 is 1.33 bits per heavy atom. The first-order chi connectivity index (χ1) is 9.52. The van der Waals surface area contributed by atoms with Crippen LogP contribution in [0.25, 0.3) is 0 Å². The van der Waals surface area contributed by atoms with E-state index >= 15 is 0 Å². The summed E-state index contributed by atoms with van der Waals surface area (Å²) in [6.07, 6.45) is 2.60. The maximum Gasteiger partial charge on any atom is 0.241 e. The smallest absolute Gasteiger partial charge is 0.241 e. The van der Waals surface area contributed by atoms with Gasteiger partial charge in [0.25, 0.3) is 0 Å². The summed E-state index contributed by atoms with van der Waals surface area (Å²) in [6.45, 7) is 7.02. The lowest BCUT2D eigenvalue weighted by Crippen LogP contribution is -2.35. The Bertz CT molecular complexity index is 424. The summed E-state index contributed by atoms with van der Waals surface area (Å²) in [5, 5.41) is 2.82. The van der Waals surface area contributed by atoms with Gasteiger partial charge >= 0.3 is 0 Å². The van der Waals surface area contributed by atoms with Gasteiger partial charge in [0.05, 0.1) is 12.6 Å². The molecule has 1 unspecified atom stereocenters. The van der Waals surface area contributed by atoms with Gasteiger partial charge in [-0.1, -0.05) is 33.3 Å². The van der Waals surface area contributed by atoms with Gasteiger partial charge < -0.3 is 15.8 Å². The lowest BCUT2D eigenvalue weighted by atomic mass is 10.1. The fraction of sp³-hybridized carbons (Fsp3) is 0.562. The number of carbonyl (C=O) groups is 1. The summed E-state index contributed by atoms with van der Waals surface area (Å²) in [4.78, 5) is 11.8. The number of amides is 1. The van der Waals surface area contributed by atoms with Crippen LogP contribution in [-0.2, 0) is 4.79 Å². The Balaban J connectivity index is 0.00000400. The molecule has 1 rings (SSSR count). The third kappa shape index (κ3) is 7.93. The first kappa shape index (κ1) is 19.7. The third-order valence-corrected chi connectivity index (χ3v) is 3.00. The highest BCUT2D eigenvalue weighted by Crippen LogP contribution is 2.18. The SMILES string of the molecule is CCCC(N)C(=O)Nc1cccc(OCCC(C)C)c1.Cl. The van der Waals surface area contributed by atoms with E-state index in [1.807, 2.05) is 31.2 Å². The van der Waals surface area contributed by atoms with Crippen LogP contribution < -0.4 is 15.8 Å². The topological polar surface area (TPSA) is 64.4 Å². The second kappa shape index (κ2) is 10.5. The number of benzene rings is 1. The average molecular weight is 315 g/mol. The van der Waals surface area contributed by atoms with E-state index in [0.717, 1.165) is 24.3 Å². The summed E-state index contributed by atoms with van der Waals surface area (Å²) in [6, 6.07) is 6.97. The van der Waals surface area contributed by atoms with Gasteiger partial charge in [-0.3, -0.25) is 4.79 Å². The number of anilines is 1. The number of nitrogens with one attached hydrogen (secondary N) is 1. The van der Waals surface area contributed by atoms with Crippen molar-refractivity contribution in [2.24, 2.45) is 11.7 Å². The van der Waals surface area contributed by atoms with Crippen molar-refractivity contribution in [3.05, 3.63) is 24.3 Å². The standard InChI is InChI=1S/C16H26N2O2.ClH/c1-4-6-15(17)16(19)18-13-7-5-8-14(11-13)20-10-9-12(2)3;/h5,7-8,11-12,15H,4,6,9-10,17H2,1-3H3,(H,18,19);1H. The zero-order valence-corrected chi connectivity index (χ0v) is 13.9. The number of carbonyl (C=O) groups excluding carboxylic acids is 1. The van der Waals surface area contributed by atoms with Gasteiger partial charge in [-0.05, 0) is 30.9 Å². The monoisotopic (exact) mass is 314 g/mol. The van der Waals surface area contributed by atoms with E-state index in [9.17, 15) is 4.79 Å². The van der Waals surface area contributed by atoms with Crippen LogP contribution >= 0.6 is 12.4 Å². The van der Waals surface area contributed by atoms with Gasteiger partial charge in [0.2, 0.25) is 5.91 Å². The predicted molar refractivity (Wildman–Crippen MR) is 90.2 cm³/mol. The highest BCUT2D eigenvalue weighted by atomic mass is 35.5. The quantitative estimate of drug-likeness (QED) is 0.770. The molecule has 0 heterocycles. The maximum absolute atomic E-state index is 11.8. The van der Waals surface area contributed by atoms with Gasteiger partial charge in [-0.15, -0.1) is 12.4 Å². The van der Waals surface area contributed by atoms with Crippen molar-refractivity contribution in [1.82, 2.24) is 0 Å². The van der Waals surface area contributed by atoms with Crippen LogP contribution in [0.15, 0.2) is 24.3 Å². The third-order valence-electron chi connectivity index (χ3n) is 3.00. The molecule has 0 fully saturated rings. The highest BCUT2D eigenvalue weighted by molar-refractivity contribution is 5.94. The Labute approximate surface area is 133 Å². The molecule has 0 bridgehead atoms. The number of hydrogen-bond donors (Lipinski definition) is 2. The fourth-order valence-corrected chi connectivity index (χ4v) is 1.75. The van der Waals surface area contributed by atoms with Gasteiger partial charge in [-0.2, -0.15) is 0 Å². The van der Waals surface area contributed by atoms with Gasteiger partial charge in [0.15, 0.2) is 0 Å². The summed E-state index contributed by atoms with van der Waals surface area (Å²) in [5.41, 5.74) is 6.51. The molecule has 0 aliphatic rings. The molecule has 5 heteroatoms. The molecule has 3 N–H and O–H groups in total. The second-order valence-electron chi connectivity index (χ2n) is 5.44. The molecule has 1 aromatic carbocycles. The number of halogens is 1. The Hall–Kier alpha value is -1.26. The number of ether oxygens (including phenoxy) is 1. The average Bonchev–Trinajstić information content (AvgIpc) is 2.39. The van der Waals surface area contributed by atoms with Crippen molar-refractivity contribution in [2.45, 2.75) is 46.1 Å². The minimum atomic E-state index is -0.453. The fourth-order valence-electron chi connectivity index (χ4n) is 1.75. The van der Waals surface area contributed by atoms with Crippen molar-refractivity contribution in [3.63, 3.8) is 0 Å². The number of rotatable bonds is 8. The van der Waals surface area contributed by atoms with Crippen LogP contribution in [0, 0.1) is 5.92 Å². The van der Waals surface area contributed by atoms with Crippen molar-refractivity contribution in [2.75, 3.05) is 11.9 Å². The first-order valence-electron chi connectivity index (χ1n) is 7.32. The molecule has 1 atom stereocenters. The van der Waals surface area contributed by atoms with Crippen LogP contribution in [0.5, 0.6) is 5.75 Å². The Kier molecular flexibility index (Phi) is 9.84. The van der Waals surface area contributed by atoms with E-state index in [1.54, 1.807) is 0 Å². The predicted octanol–water partition coefficient (Wildman–Crippen LogP) is 3.60. The highest BCUT2D eigenvalue weighted by Gasteiger charge is 2.12. The van der Waals surface area contributed by atoms with Crippen LogP contribution in [0.1, 0.15) is 40.0 Å². The lowest BCUT2D eigenvalue weighted by molar-refractivity contribution is -0.117. The van der Waals surface area contributed by atoms with Crippen molar-refractivity contribution >= 4 is 24.0 Å². The minimum absolute atomic E-state index is 0. The molecule has 0 radical (unpaired) electrons. The molecule has 1 aromatic rings. The van der Waals surface area contributed by atoms with E-state index in [2.05, 4.69) is 19.2 Å². The Morgan fingerprint density at radius 2 is 2.05 bits per heavy atom. The van der Waals surface area contributed by atoms with E-state index in [4.69, 9.17) is 10.5 Å². The molecule has 0 aliphatic carbocycles. The van der Waals surface area contributed by atoms with Crippen LogP contribution in [0.2, 0.25) is 0 Å². The zero-order chi connectivity index (χ0) is 15.0. The summed E-state index contributed by atoms with van der Waals surface area (Å²) >= 11 is 0. The van der Waals surface area contributed by atoms with Gasteiger partial charge in [0.1, 0.15) is 5.75 Å². The molecule has 1 amide bonds. The maximum atomic E-state index is 11.8. The van der Waals surface area contributed by atoms with Crippen LogP contribution in [0.3, 0.4) is 0 Å². The molecule has 0 spiro atoms. The number of hydrogen-bond acceptors (Lipinski definition) is 3. The molecule has 120 valence electrons. The van der Waals surface area contributed by atoms with Crippen molar-refractivity contribution < 1.29 is 9.53 Å². The summed E-state index contributed by atoms with van der Waals surface area (Å²) < 4.78 is 5.66. The molecule has 4 nitrogen and oxygen atoms in total. The molecule has 21 heavy (non-hydrogen) atoms. The molecule has 0 saturated carbocycles. The number of nitrogens with two attached hydrogens (primary N) is 1. The van der Waals surface area contributed by atoms with Crippen LogP contribution in [0.4, 0.5) is 5.69 Å². The van der Waals surface area contributed by atoms with Gasteiger partial charge in [-0.25, -0.2) is 0 Å². The normalized spacial score (nSPS) is 11.7. The van der Waals surface area contributed by atoms with E-state index in [-0.39, 0.29) is 18.3 Å². The zero-order valence-electron chi connectivity index (χ0n) is 13.1. The van der Waals surface area contributed by atoms with Gasteiger partial charge in [0, 0.05) is 11.8 Å². The van der Waals surface area contributed by atoms with E-state index in [1.165, 1.54) is 0 Å². The van der Waals surface area contributed by atoms with Crippen LogP contribution in [-0.4, -0.2) is 18.6 Å². The minimum Gasteiger partial charge on any atom is -0.494 e. The first-order valence-corrected chi connectivity index (χ1v) is 7.32. The molecule has 0 aromatic heterocycles. The molecule has 0 aliphatic heterocycles. The molecule has 0 saturated heterocycles. The molecular weight excluding hydrogens is 288 g/mol. The second-order valence-corrected chi connectivity index (χ2v) is 5.44. The largest absolute Gasteiger partial charge is 0.494 e.